The minimum Gasteiger partial charge on any atom is -0.506 e. The number of anilines is 1. The van der Waals surface area contributed by atoms with Crippen molar-refractivity contribution in [3.05, 3.63) is 17.3 Å². The van der Waals surface area contributed by atoms with Gasteiger partial charge in [-0.15, -0.1) is 0 Å². The Labute approximate surface area is 98.4 Å². The van der Waals surface area contributed by atoms with E-state index in [2.05, 4.69) is 10.3 Å². The molecule has 0 radical (unpaired) electrons. The summed E-state index contributed by atoms with van der Waals surface area (Å²) in [6, 6.07) is 1.28. The van der Waals surface area contributed by atoms with Crippen LogP contribution in [0.5, 0.6) is 5.75 Å². The molecule has 5 nitrogen and oxygen atoms in total. The highest BCUT2D eigenvalue weighted by atomic mass is 35.5. The zero-order chi connectivity index (χ0) is 12.3. The van der Waals surface area contributed by atoms with E-state index in [0.717, 1.165) is 0 Å². The summed E-state index contributed by atoms with van der Waals surface area (Å²) in [6.07, 6.45) is 0.533. The third-order valence-electron chi connectivity index (χ3n) is 1.45. The predicted octanol–water partition coefficient (Wildman–Crippen LogP) is 2.79. The highest BCUT2D eigenvalue weighted by Gasteiger charge is 2.17. The van der Waals surface area contributed by atoms with Gasteiger partial charge in [0.1, 0.15) is 11.4 Å². The van der Waals surface area contributed by atoms with Gasteiger partial charge in [-0.05, 0) is 20.8 Å². The summed E-state index contributed by atoms with van der Waals surface area (Å²) in [5.74, 6) is 0.0773. The van der Waals surface area contributed by atoms with Crippen LogP contribution in [0.4, 0.5) is 10.6 Å². The quantitative estimate of drug-likeness (QED) is 0.797. The molecule has 1 amide bonds. The van der Waals surface area contributed by atoms with E-state index < -0.39 is 11.7 Å². The Morgan fingerprint density at radius 1 is 1.56 bits per heavy atom. The Hall–Kier alpha value is -1.49. The molecule has 0 saturated carbocycles. The normalized spacial score (nSPS) is 11.0. The minimum absolute atomic E-state index is 0.0697. The molecule has 0 aliphatic rings. The number of carbonyl (C=O) groups excluding carboxylic acids is 1. The van der Waals surface area contributed by atoms with E-state index in [0.29, 0.717) is 0 Å². The van der Waals surface area contributed by atoms with E-state index in [9.17, 15) is 4.79 Å². The smallest absolute Gasteiger partial charge is 0.413 e. The van der Waals surface area contributed by atoms with E-state index in [1.165, 1.54) is 12.3 Å². The maximum Gasteiger partial charge on any atom is 0.413 e. The topological polar surface area (TPSA) is 71.5 Å². The van der Waals surface area contributed by atoms with Crippen LogP contribution in [0.15, 0.2) is 12.3 Å². The van der Waals surface area contributed by atoms with Gasteiger partial charge in [0.25, 0.3) is 0 Å². The van der Waals surface area contributed by atoms with Crippen molar-refractivity contribution in [2.24, 2.45) is 0 Å². The summed E-state index contributed by atoms with van der Waals surface area (Å²) in [7, 11) is 0. The molecule has 0 aliphatic heterocycles. The lowest BCUT2D eigenvalue weighted by Crippen LogP contribution is -2.27. The number of aromatic nitrogens is 1. The summed E-state index contributed by atoms with van der Waals surface area (Å²) in [4.78, 5) is 15.1. The van der Waals surface area contributed by atoms with Crippen molar-refractivity contribution in [1.82, 2.24) is 4.98 Å². The number of nitrogens with zero attached hydrogens (tertiary/aromatic N) is 1. The van der Waals surface area contributed by atoms with Gasteiger partial charge in [-0.2, -0.15) is 0 Å². The third-order valence-corrected chi connectivity index (χ3v) is 1.73. The van der Waals surface area contributed by atoms with Gasteiger partial charge in [-0.25, -0.2) is 9.78 Å². The Morgan fingerprint density at radius 2 is 2.19 bits per heavy atom. The second kappa shape index (κ2) is 4.57. The van der Waals surface area contributed by atoms with Gasteiger partial charge in [0.05, 0.1) is 11.2 Å². The van der Waals surface area contributed by atoms with Gasteiger partial charge < -0.3 is 9.84 Å². The molecular formula is C10H13ClN2O3. The van der Waals surface area contributed by atoms with E-state index in [-0.39, 0.29) is 16.6 Å². The number of aromatic hydroxyl groups is 1. The molecule has 0 aliphatic carbocycles. The van der Waals surface area contributed by atoms with Crippen molar-refractivity contribution in [2.45, 2.75) is 26.4 Å². The van der Waals surface area contributed by atoms with Gasteiger partial charge in [0, 0.05) is 6.07 Å². The van der Waals surface area contributed by atoms with Crippen LogP contribution >= 0.6 is 11.6 Å². The molecule has 0 fully saturated rings. The fourth-order valence-corrected chi connectivity index (χ4v) is 1.13. The average molecular weight is 245 g/mol. The molecular weight excluding hydrogens is 232 g/mol. The number of ether oxygens (including phenoxy) is 1. The molecule has 0 unspecified atom stereocenters. The zero-order valence-corrected chi connectivity index (χ0v) is 10.00. The lowest BCUT2D eigenvalue weighted by atomic mass is 10.2. The number of amides is 1. The molecule has 0 bridgehead atoms. The molecule has 0 atom stereocenters. The average Bonchev–Trinajstić information content (AvgIpc) is 2.06. The van der Waals surface area contributed by atoms with Crippen LogP contribution in [-0.4, -0.2) is 21.8 Å². The maximum absolute atomic E-state index is 11.4. The van der Waals surface area contributed by atoms with E-state index >= 15 is 0 Å². The number of hydrogen-bond acceptors (Lipinski definition) is 4. The summed E-state index contributed by atoms with van der Waals surface area (Å²) >= 11 is 5.75. The number of pyridine rings is 1. The Bertz CT molecular complexity index is 402. The first-order valence-corrected chi connectivity index (χ1v) is 5.00. The molecule has 1 aromatic heterocycles. The Balaban J connectivity index is 2.70. The first-order chi connectivity index (χ1) is 7.28. The number of rotatable bonds is 1. The molecule has 88 valence electrons. The second-order valence-corrected chi connectivity index (χ2v) is 4.56. The van der Waals surface area contributed by atoms with Crippen molar-refractivity contribution in [2.75, 3.05) is 5.32 Å². The lowest BCUT2D eigenvalue weighted by molar-refractivity contribution is 0.0635. The van der Waals surface area contributed by atoms with Crippen molar-refractivity contribution in [1.29, 1.82) is 0 Å². The van der Waals surface area contributed by atoms with Crippen molar-refractivity contribution in [3.8, 4) is 5.75 Å². The molecule has 1 heterocycles. The Kier molecular flexibility index (Phi) is 3.59. The Morgan fingerprint density at radius 3 is 2.69 bits per heavy atom. The fraction of sp³-hybridized carbons (Fsp3) is 0.400. The molecule has 0 saturated heterocycles. The standard InChI is InChI=1S/C10H13ClN2O3/c1-10(2,3)16-9(15)13-8-7(11)4-6(14)5-12-8/h4-5,14H,1-3H3,(H,12,13,15). The number of hydrogen-bond donors (Lipinski definition) is 2. The largest absolute Gasteiger partial charge is 0.506 e. The second-order valence-electron chi connectivity index (χ2n) is 4.15. The summed E-state index contributed by atoms with van der Waals surface area (Å²) in [5.41, 5.74) is -0.590. The summed E-state index contributed by atoms with van der Waals surface area (Å²) < 4.78 is 5.02. The van der Waals surface area contributed by atoms with Crippen molar-refractivity contribution < 1.29 is 14.6 Å². The van der Waals surface area contributed by atoms with Crippen LogP contribution in [0, 0.1) is 0 Å². The summed E-state index contributed by atoms with van der Waals surface area (Å²) in [6.45, 7) is 5.25. The van der Waals surface area contributed by atoms with Crippen LogP contribution in [0.2, 0.25) is 5.02 Å². The van der Waals surface area contributed by atoms with Crippen LogP contribution in [0.3, 0.4) is 0 Å². The van der Waals surface area contributed by atoms with Crippen LogP contribution in [0.25, 0.3) is 0 Å². The number of carbonyl (C=O) groups is 1. The molecule has 0 spiro atoms. The van der Waals surface area contributed by atoms with Gasteiger partial charge in [-0.1, -0.05) is 11.6 Å². The van der Waals surface area contributed by atoms with Gasteiger partial charge in [0.15, 0.2) is 5.82 Å². The molecule has 1 aromatic rings. The highest BCUT2D eigenvalue weighted by Crippen LogP contribution is 2.23. The van der Waals surface area contributed by atoms with Crippen LogP contribution < -0.4 is 5.32 Å². The van der Waals surface area contributed by atoms with E-state index in [1.807, 2.05) is 0 Å². The third kappa shape index (κ3) is 3.94. The van der Waals surface area contributed by atoms with Crippen LogP contribution in [-0.2, 0) is 4.74 Å². The van der Waals surface area contributed by atoms with Gasteiger partial charge in [-0.3, -0.25) is 5.32 Å². The number of nitrogens with one attached hydrogen (secondary N) is 1. The first kappa shape index (κ1) is 12.6. The van der Waals surface area contributed by atoms with Gasteiger partial charge in [0.2, 0.25) is 0 Å². The molecule has 1 rings (SSSR count). The van der Waals surface area contributed by atoms with Gasteiger partial charge >= 0.3 is 6.09 Å². The number of halogens is 1. The van der Waals surface area contributed by atoms with Crippen LogP contribution in [0.1, 0.15) is 20.8 Å². The molecule has 0 aromatic carbocycles. The highest BCUT2D eigenvalue weighted by molar-refractivity contribution is 6.33. The first-order valence-electron chi connectivity index (χ1n) is 4.62. The lowest BCUT2D eigenvalue weighted by Gasteiger charge is -2.19. The SMILES string of the molecule is CC(C)(C)OC(=O)Nc1ncc(O)cc1Cl. The fourth-order valence-electron chi connectivity index (χ4n) is 0.920. The molecule has 2 N–H and O–H groups in total. The van der Waals surface area contributed by atoms with E-state index in [1.54, 1.807) is 20.8 Å². The van der Waals surface area contributed by atoms with E-state index in [4.69, 9.17) is 21.4 Å². The zero-order valence-electron chi connectivity index (χ0n) is 9.24. The predicted molar refractivity (Wildman–Crippen MR) is 60.8 cm³/mol. The monoisotopic (exact) mass is 244 g/mol. The maximum atomic E-state index is 11.4. The minimum atomic E-state index is -0.646. The summed E-state index contributed by atoms with van der Waals surface area (Å²) in [5, 5.41) is 11.6. The molecule has 6 heteroatoms. The molecule has 16 heavy (non-hydrogen) atoms. The van der Waals surface area contributed by atoms with Crippen molar-refractivity contribution in [3.63, 3.8) is 0 Å². The van der Waals surface area contributed by atoms with Crippen molar-refractivity contribution >= 4 is 23.5 Å².